The third kappa shape index (κ3) is 3.10. The fourth-order valence-electron chi connectivity index (χ4n) is 2.08. The second-order valence-corrected chi connectivity index (χ2v) is 5.73. The number of phenolic OH excluding ortho intramolecular Hbond substituents is 1. The molecule has 122 valence electrons. The van der Waals surface area contributed by atoms with E-state index in [1.54, 1.807) is 0 Å². The van der Waals surface area contributed by atoms with Crippen LogP contribution < -0.4 is 10.2 Å². The Balaban J connectivity index is 1.85. The second-order valence-electron chi connectivity index (χ2n) is 4.70. The Bertz CT molecular complexity index is 905. The van der Waals surface area contributed by atoms with Gasteiger partial charge in [-0.15, -0.1) is 0 Å². The van der Waals surface area contributed by atoms with Crippen molar-refractivity contribution >= 4 is 38.6 Å². The topological polar surface area (TPSA) is 110 Å². The van der Waals surface area contributed by atoms with Gasteiger partial charge >= 0.3 is 0 Å². The van der Waals surface area contributed by atoms with Crippen molar-refractivity contribution < 1.29 is 14.8 Å². The van der Waals surface area contributed by atoms with Crippen molar-refractivity contribution in [3.8, 4) is 11.5 Å². The van der Waals surface area contributed by atoms with Crippen LogP contribution in [0.15, 0.2) is 41.5 Å². The summed E-state index contributed by atoms with van der Waals surface area (Å²) >= 11 is 1.41. The van der Waals surface area contributed by atoms with Crippen LogP contribution in [0.5, 0.6) is 11.5 Å². The molecule has 3 rings (SSSR count). The summed E-state index contributed by atoms with van der Waals surface area (Å²) < 4.78 is 5.88. The Hall–Kier alpha value is -3.20. The lowest BCUT2D eigenvalue weighted by molar-refractivity contribution is -0.385. The van der Waals surface area contributed by atoms with Crippen molar-refractivity contribution in [1.82, 2.24) is 4.98 Å². The lowest BCUT2D eigenvalue weighted by Crippen LogP contribution is -1.98. The van der Waals surface area contributed by atoms with Gasteiger partial charge in [-0.1, -0.05) is 23.5 Å². The number of ether oxygens (including phenoxy) is 1. The maximum absolute atomic E-state index is 11.1. The van der Waals surface area contributed by atoms with Crippen molar-refractivity contribution in [3.05, 3.63) is 52.1 Å². The number of nitrogens with zero attached hydrogens (tertiary/aromatic N) is 3. The minimum atomic E-state index is -0.568. The SMILES string of the molecule is COc1cc([N+](=O)[O-])c(/C=N\Nc2nc3ccccc3s2)cc1O. The molecule has 0 bridgehead atoms. The van der Waals surface area contributed by atoms with Gasteiger partial charge < -0.3 is 9.84 Å². The standard InChI is InChI=1S/C15H12N4O4S/c1-23-13-7-11(19(21)22)9(6-12(13)20)8-16-18-15-17-10-4-2-3-5-14(10)24-15/h2-8,20H,1H3,(H,17,18)/b16-8-. The quantitative estimate of drug-likeness (QED) is 0.417. The van der Waals surface area contributed by atoms with E-state index in [4.69, 9.17) is 4.74 Å². The summed E-state index contributed by atoms with van der Waals surface area (Å²) in [5, 5.41) is 25.4. The summed E-state index contributed by atoms with van der Waals surface area (Å²) in [6.07, 6.45) is 1.25. The van der Waals surface area contributed by atoms with Crippen LogP contribution in [-0.4, -0.2) is 28.3 Å². The number of methoxy groups -OCH3 is 1. The molecule has 24 heavy (non-hydrogen) atoms. The van der Waals surface area contributed by atoms with Crippen molar-refractivity contribution in [3.63, 3.8) is 0 Å². The molecule has 0 aliphatic carbocycles. The smallest absolute Gasteiger partial charge is 0.282 e. The van der Waals surface area contributed by atoms with E-state index < -0.39 is 4.92 Å². The predicted octanol–water partition coefficient (Wildman–Crippen LogP) is 3.36. The van der Waals surface area contributed by atoms with E-state index in [1.165, 1.54) is 30.7 Å². The Labute approximate surface area is 140 Å². The number of fused-ring (bicyclic) bond motifs is 1. The Morgan fingerprint density at radius 1 is 1.42 bits per heavy atom. The zero-order valence-electron chi connectivity index (χ0n) is 12.5. The van der Waals surface area contributed by atoms with Crippen LogP contribution in [0.2, 0.25) is 0 Å². The molecule has 3 aromatic rings. The van der Waals surface area contributed by atoms with Crippen LogP contribution >= 0.6 is 11.3 Å². The Kier molecular flexibility index (Phi) is 4.25. The molecule has 0 saturated carbocycles. The van der Waals surface area contributed by atoms with E-state index >= 15 is 0 Å². The molecule has 2 N–H and O–H groups in total. The van der Waals surface area contributed by atoms with Crippen LogP contribution in [-0.2, 0) is 0 Å². The van der Waals surface area contributed by atoms with Crippen molar-refractivity contribution in [2.45, 2.75) is 0 Å². The van der Waals surface area contributed by atoms with Crippen LogP contribution in [0.25, 0.3) is 10.2 Å². The summed E-state index contributed by atoms with van der Waals surface area (Å²) in [6, 6.07) is 9.99. The van der Waals surface area contributed by atoms with Crippen LogP contribution in [0.3, 0.4) is 0 Å². The van der Waals surface area contributed by atoms with E-state index in [2.05, 4.69) is 15.5 Å². The van der Waals surface area contributed by atoms with Gasteiger partial charge in [-0.05, 0) is 18.2 Å². The lowest BCUT2D eigenvalue weighted by Gasteiger charge is -2.04. The number of hydrogen-bond donors (Lipinski definition) is 2. The minimum absolute atomic E-state index is 0.0259. The number of anilines is 1. The molecule has 8 nitrogen and oxygen atoms in total. The van der Waals surface area contributed by atoms with Crippen molar-refractivity contribution in [2.75, 3.05) is 12.5 Å². The number of aromatic hydroxyl groups is 1. The number of rotatable bonds is 5. The van der Waals surface area contributed by atoms with Gasteiger partial charge in [0.05, 0.1) is 40.1 Å². The molecular formula is C15H12N4O4S. The molecule has 0 saturated heterocycles. The van der Waals surface area contributed by atoms with Gasteiger partial charge in [0.15, 0.2) is 11.5 Å². The van der Waals surface area contributed by atoms with Crippen molar-refractivity contribution in [2.24, 2.45) is 5.10 Å². The molecule has 0 unspecified atom stereocenters. The molecule has 0 aliphatic rings. The molecule has 0 aliphatic heterocycles. The number of phenols is 1. The second kappa shape index (κ2) is 6.50. The van der Waals surface area contributed by atoms with Crippen molar-refractivity contribution in [1.29, 1.82) is 0 Å². The molecule has 2 aromatic carbocycles. The van der Waals surface area contributed by atoms with Gasteiger partial charge in [-0.25, -0.2) is 4.98 Å². The number of nitro groups is 1. The van der Waals surface area contributed by atoms with E-state index in [-0.39, 0.29) is 22.7 Å². The molecule has 0 atom stereocenters. The monoisotopic (exact) mass is 344 g/mol. The Morgan fingerprint density at radius 2 is 2.21 bits per heavy atom. The largest absolute Gasteiger partial charge is 0.504 e. The number of aromatic nitrogens is 1. The number of hydrogen-bond acceptors (Lipinski definition) is 8. The first kappa shape index (κ1) is 15.7. The average molecular weight is 344 g/mol. The first-order valence-corrected chi connectivity index (χ1v) is 7.60. The van der Waals surface area contributed by atoms with Crippen LogP contribution in [0.4, 0.5) is 10.8 Å². The van der Waals surface area contributed by atoms with E-state index in [1.807, 2.05) is 24.3 Å². The van der Waals surface area contributed by atoms with Gasteiger partial charge in [-0.2, -0.15) is 5.10 Å². The molecule has 1 aromatic heterocycles. The molecular weight excluding hydrogens is 332 g/mol. The maximum atomic E-state index is 11.1. The van der Waals surface area contributed by atoms with Crippen LogP contribution in [0, 0.1) is 10.1 Å². The van der Waals surface area contributed by atoms with E-state index in [0.29, 0.717) is 5.13 Å². The highest BCUT2D eigenvalue weighted by Gasteiger charge is 2.17. The summed E-state index contributed by atoms with van der Waals surface area (Å²) in [6.45, 7) is 0. The minimum Gasteiger partial charge on any atom is -0.504 e. The number of hydrazone groups is 1. The lowest BCUT2D eigenvalue weighted by atomic mass is 10.1. The molecule has 0 amide bonds. The van der Waals surface area contributed by atoms with Gasteiger partial charge in [0, 0.05) is 0 Å². The van der Waals surface area contributed by atoms with E-state index in [0.717, 1.165) is 16.3 Å². The summed E-state index contributed by atoms with van der Waals surface area (Å²) in [5.41, 5.74) is 3.50. The highest BCUT2D eigenvalue weighted by Crippen LogP contribution is 2.33. The first-order valence-electron chi connectivity index (χ1n) is 6.78. The predicted molar refractivity (Wildman–Crippen MR) is 92.1 cm³/mol. The van der Waals surface area contributed by atoms with Crippen LogP contribution in [0.1, 0.15) is 5.56 Å². The summed E-state index contributed by atoms with van der Waals surface area (Å²) in [5.74, 6) is -0.178. The fourth-order valence-corrected chi connectivity index (χ4v) is 2.89. The fraction of sp³-hybridized carbons (Fsp3) is 0.0667. The number of benzene rings is 2. The third-order valence-electron chi connectivity index (χ3n) is 3.18. The summed E-state index contributed by atoms with van der Waals surface area (Å²) in [7, 11) is 1.32. The zero-order valence-corrected chi connectivity index (χ0v) is 13.3. The van der Waals surface area contributed by atoms with Gasteiger partial charge in [0.25, 0.3) is 5.69 Å². The number of para-hydroxylation sites is 1. The van der Waals surface area contributed by atoms with E-state index in [9.17, 15) is 15.2 Å². The maximum Gasteiger partial charge on any atom is 0.282 e. The first-order chi connectivity index (χ1) is 11.6. The van der Waals surface area contributed by atoms with Gasteiger partial charge in [-0.3, -0.25) is 15.5 Å². The highest BCUT2D eigenvalue weighted by atomic mass is 32.1. The number of thiazole rings is 1. The van der Waals surface area contributed by atoms with Gasteiger partial charge in [0.2, 0.25) is 5.13 Å². The zero-order chi connectivity index (χ0) is 17.1. The molecule has 9 heteroatoms. The molecule has 1 heterocycles. The molecule has 0 spiro atoms. The summed E-state index contributed by atoms with van der Waals surface area (Å²) in [4.78, 5) is 14.9. The number of nitrogens with one attached hydrogen (secondary N) is 1. The number of nitro benzene ring substituents is 1. The van der Waals surface area contributed by atoms with Gasteiger partial charge in [0.1, 0.15) is 0 Å². The average Bonchev–Trinajstić information content (AvgIpc) is 2.97. The Morgan fingerprint density at radius 3 is 2.92 bits per heavy atom. The third-order valence-corrected chi connectivity index (χ3v) is 4.12. The molecule has 0 fully saturated rings. The molecule has 0 radical (unpaired) electrons. The highest BCUT2D eigenvalue weighted by molar-refractivity contribution is 7.22. The normalized spacial score (nSPS) is 11.0.